The first-order valence-electron chi connectivity index (χ1n) is 8.89. The van der Waals surface area contributed by atoms with Crippen LogP contribution in [-0.2, 0) is 33.0 Å². The van der Waals surface area contributed by atoms with E-state index in [1.54, 1.807) is 0 Å². The van der Waals surface area contributed by atoms with Gasteiger partial charge in [0.2, 0.25) is 0 Å². The first-order valence-corrected chi connectivity index (χ1v) is 9.27. The summed E-state index contributed by atoms with van der Waals surface area (Å²) in [6, 6.07) is 7.79. The third kappa shape index (κ3) is 6.16. The second-order valence-corrected chi connectivity index (χ2v) is 6.31. The lowest BCUT2D eigenvalue weighted by molar-refractivity contribution is 0.702. The molecule has 1 heterocycles. The molecule has 2 N–H and O–H groups in total. The lowest BCUT2D eigenvalue weighted by Crippen LogP contribution is -2.37. The van der Waals surface area contributed by atoms with E-state index in [1.807, 2.05) is 36.0 Å². The molecule has 2 rings (SSSR count). The van der Waals surface area contributed by atoms with Crippen LogP contribution in [0.2, 0.25) is 5.02 Å². The number of benzene rings is 1. The summed E-state index contributed by atoms with van der Waals surface area (Å²) in [4.78, 5) is 4.67. The van der Waals surface area contributed by atoms with Crippen molar-refractivity contribution < 1.29 is 0 Å². The highest BCUT2D eigenvalue weighted by atomic mass is 127. The van der Waals surface area contributed by atoms with Crippen LogP contribution in [0.4, 0.5) is 0 Å². The third-order valence-corrected chi connectivity index (χ3v) is 4.39. The van der Waals surface area contributed by atoms with E-state index in [4.69, 9.17) is 11.6 Å². The number of guanidine groups is 1. The molecule has 0 saturated carbocycles. The SMILES string of the molecule is CCNC(=NCc1ccc(Cl)cc1)NCc1c(CC)nn(C)c1CC.I. The summed E-state index contributed by atoms with van der Waals surface area (Å²) in [6.45, 7) is 8.54. The maximum atomic E-state index is 5.93. The van der Waals surface area contributed by atoms with Crippen LogP contribution in [0.1, 0.15) is 43.3 Å². The highest BCUT2D eigenvalue weighted by Gasteiger charge is 2.13. The molecule has 0 unspecified atom stereocenters. The molecular formula is C19H29ClIN5. The van der Waals surface area contributed by atoms with Crippen molar-refractivity contribution in [1.29, 1.82) is 0 Å². The fourth-order valence-corrected chi connectivity index (χ4v) is 2.99. The topological polar surface area (TPSA) is 54.2 Å². The molecule has 0 fully saturated rings. The molecule has 0 saturated heterocycles. The Labute approximate surface area is 178 Å². The van der Waals surface area contributed by atoms with E-state index in [0.29, 0.717) is 6.54 Å². The van der Waals surface area contributed by atoms with Gasteiger partial charge in [-0.3, -0.25) is 4.68 Å². The van der Waals surface area contributed by atoms with Crippen molar-refractivity contribution in [3.63, 3.8) is 0 Å². The molecule has 5 nitrogen and oxygen atoms in total. The number of hydrogen-bond acceptors (Lipinski definition) is 2. The Morgan fingerprint density at radius 1 is 1.12 bits per heavy atom. The van der Waals surface area contributed by atoms with Crippen molar-refractivity contribution in [3.8, 4) is 0 Å². The maximum absolute atomic E-state index is 5.93. The number of nitrogens with one attached hydrogen (secondary N) is 2. The Morgan fingerprint density at radius 3 is 2.38 bits per heavy atom. The van der Waals surface area contributed by atoms with E-state index in [-0.39, 0.29) is 24.0 Å². The van der Waals surface area contributed by atoms with E-state index in [9.17, 15) is 0 Å². The maximum Gasteiger partial charge on any atom is 0.191 e. The molecule has 7 heteroatoms. The molecule has 2 aromatic rings. The van der Waals surface area contributed by atoms with Gasteiger partial charge in [-0.25, -0.2) is 4.99 Å². The van der Waals surface area contributed by atoms with Gasteiger partial charge in [-0.15, -0.1) is 24.0 Å². The number of aryl methyl sites for hydroxylation is 2. The van der Waals surface area contributed by atoms with E-state index >= 15 is 0 Å². The van der Waals surface area contributed by atoms with Gasteiger partial charge < -0.3 is 10.6 Å². The second kappa shape index (κ2) is 11.4. The predicted octanol–water partition coefficient (Wildman–Crippen LogP) is 4.07. The summed E-state index contributed by atoms with van der Waals surface area (Å²) in [5, 5.41) is 12.1. The smallest absolute Gasteiger partial charge is 0.191 e. The lowest BCUT2D eigenvalue weighted by Gasteiger charge is -2.12. The number of nitrogens with zero attached hydrogens (tertiary/aromatic N) is 3. The molecule has 0 aliphatic carbocycles. The second-order valence-electron chi connectivity index (χ2n) is 5.88. The molecular weight excluding hydrogens is 461 g/mol. The van der Waals surface area contributed by atoms with Gasteiger partial charge >= 0.3 is 0 Å². The molecule has 26 heavy (non-hydrogen) atoms. The summed E-state index contributed by atoms with van der Waals surface area (Å²) >= 11 is 5.93. The Morgan fingerprint density at radius 2 is 1.81 bits per heavy atom. The normalized spacial score (nSPS) is 11.2. The van der Waals surface area contributed by atoms with Crippen LogP contribution in [0.3, 0.4) is 0 Å². The summed E-state index contributed by atoms with van der Waals surface area (Å²) in [6.07, 6.45) is 1.91. The zero-order chi connectivity index (χ0) is 18.2. The van der Waals surface area contributed by atoms with Gasteiger partial charge in [0.15, 0.2) is 5.96 Å². The zero-order valence-corrected chi connectivity index (χ0v) is 19.1. The zero-order valence-electron chi connectivity index (χ0n) is 16.0. The van der Waals surface area contributed by atoms with E-state index in [0.717, 1.165) is 48.2 Å². The predicted molar refractivity (Wildman–Crippen MR) is 120 cm³/mol. The monoisotopic (exact) mass is 489 g/mol. The van der Waals surface area contributed by atoms with Crippen molar-refractivity contribution in [2.45, 2.75) is 46.7 Å². The van der Waals surface area contributed by atoms with E-state index < -0.39 is 0 Å². The molecule has 0 atom stereocenters. The first-order chi connectivity index (χ1) is 12.1. The van der Waals surface area contributed by atoms with Crippen molar-refractivity contribution in [1.82, 2.24) is 20.4 Å². The summed E-state index contributed by atoms with van der Waals surface area (Å²) < 4.78 is 1.99. The van der Waals surface area contributed by atoms with Crippen LogP contribution < -0.4 is 10.6 Å². The minimum absolute atomic E-state index is 0. The van der Waals surface area contributed by atoms with Crippen LogP contribution in [0.15, 0.2) is 29.3 Å². The van der Waals surface area contributed by atoms with Crippen LogP contribution in [0, 0.1) is 0 Å². The minimum Gasteiger partial charge on any atom is -0.357 e. The highest BCUT2D eigenvalue weighted by Crippen LogP contribution is 2.15. The van der Waals surface area contributed by atoms with Gasteiger partial charge in [-0.1, -0.05) is 37.6 Å². The number of halogens is 2. The van der Waals surface area contributed by atoms with Gasteiger partial charge in [0.25, 0.3) is 0 Å². The molecule has 0 radical (unpaired) electrons. The molecule has 0 aliphatic rings. The fourth-order valence-electron chi connectivity index (χ4n) is 2.87. The van der Waals surface area contributed by atoms with E-state index in [2.05, 4.69) is 41.5 Å². The van der Waals surface area contributed by atoms with Gasteiger partial charge in [0.05, 0.1) is 12.2 Å². The summed E-state index contributed by atoms with van der Waals surface area (Å²) in [5.41, 5.74) is 4.84. The molecule has 0 aliphatic heterocycles. The highest BCUT2D eigenvalue weighted by molar-refractivity contribution is 14.0. The Kier molecular flexibility index (Phi) is 10.0. The number of aromatic nitrogens is 2. The van der Waals surface area contributed by atoms with Crippen LogP contribution in [0.25, 0.3) is 0 Å². The average Bonchev–Trinajstić information content (AvgIpc) is 2.93. The quantitative estimate of drug-likeness (QED) is 0.350. The van der Waals surface area contributed by atoms with Crippen LogP contribution >= 0.6 is 35.6 Å². The van der Waals surface area contributed by atoms with Crippen molar-refractivity contribution in [2.75, 3.05) is 6.54 Å². The standard InChI is InChI=1S/C19H28ClN5.HI/c1-5-17-16(18(6-2)25(4)24-17)13-23-19(21-7-3)22-12-14-8-10-15(20)11-9-14;/h8-11H,5-7,12-13H2,1-4H3,(H2,21,22,23);1H. The van der Waals surface area contributed by atoms with Crippen LogP contribution in [0.5, 0.6) is 0 Å². The van der Waals surface area contributed by atoms with Gasteiger partial charge in [-0.2, -0.15) is 5.10 Å². The van der Waals surface area contributed by atoms with Gasteiger partial charge in [0, 0.05) is 36.4 Å². The van der Waals surface area contributed by atoms with Crippen molar-refractivity contribution in [2.24, 2.45) is 12.0 Å². The Hall–Kier alpha value is -1.28. The molecule has 0 amide bonds. The van der Waals surface area contributed by atoms with Gasteiger partial charge in [-0.05, 0) is 37.5 Å². The first kappa shape index (κ1) is 22.8. The Bertz CT molecular complexity index is 709. The third-order valence-electron chi connectivity index (χ3n) is 4.14. The van der Waals surface area contributed by atoms with E-state index in [1.165, 1.54) is 11.3 Å². The summed E-state index contributed by atoms with van der Waals surface area (Å²) in [5.74, 6) is 0.811. The number of hydrogen-bond donors (Lipinski definition) is 2. The van der Waals surface area contributed by atoms with Crippen molar-refractivity contribution in [3.05, 3.63) is 51.8 Å². The van der Waals surface area contributed by atoms with Crippen molar-refractivity contribution >= 4 is 41.5 Å². The molecule has 1 aromatic heterocycles. The van der Waals surface area contributed by atoms with Gasteiger partial charge in [0.1, 0.15) is 0 Å². The number of rotatable bonds is 7. The molecule has 0 spiro atoms. The largest absolute Gasteiger partial charge is 0.357 e. The Balaban J connectivity index is 0.00000338. The average molecular weight is 490 g/mol. The molecule has 0 bridgehead atoms. The lowest BCUT2D eigenvalue weighted by atomic mass is 10.1. The molecule has 144 valence electrons. The number of aliphatic imine (C=N–C) groups is 1. The summed E-state index contributed by atoms with van der Waals surface area (Å²) in [7, 11) is 2.02. The minimum atomic E-state index is 0. The molecule has 1 aromatic carbocycles. The fraction of sp³-hybridized carbons (Fsp3) is 0.474. The van der Waals surface area contributed by atoms with Crippen LogP contribution in [-0.4, -0.2) is 22.3 Å².